The van der Waals surface area contributed by atoms with Crippen molar-refractivity contribution < 1.29 is 23.8 Å². The lowest BCUT2D eigenvalue weighted by Crippen LogP contribution is -2.25. The maximum absolute atomic E-state index is 13.5. The molecule has 0 unspecified atom stereocenters. The van der Waals surface area contributed by atoms with Gasteiger partial charge in [0.2, 0.25) is 11.7 Å². The van der Waals surface area contributed by atoms with Crippen molar-refractivity contribution in [2.75, 3.05) is 6.61 Å². The van der Waals surface area contributed by atoms with E-state index in [1.54, 1.807) is 6.07 Å². The number of hydrogen-bond acceptors (Lipinski definition) is 5. The molecule has 41 heavy (non-hydrogen) atoms. The predicted molar refractivity (Wildman–Crippen MR) is 157 cm³/mol. The lowest BCUT2D eigenvalue weighted by Gasteiger charge is -2.13. The number of halogens is 1. The smallest absolute Gasteiger partial charge is 0.371 e. The number of nitrogens with zero attached hydrogens (tertiary/aromatic N) is 1. The van der Waals surface area contributed by atoms with Crippen LogP contribution in [0.5, 0.6) is 5.75 Å². The molecule has 0 saturated carbocycles. The number of allylic oxidation sites excluding steroid dienone is 1. The molecule has 0 aliphatic heterocycles. The fourth-order valence-corrected chi connectivity index (χ4v) is 5.59. The summed E-state index contributed by atoms with van der Waals surface area (Å²) in [5, 5.41) is 20.2. The van der Waals surface area contributed by atoms with E-state index in [1.807, 2.05) is 45.9 Å². The van der Waals surface area contributed by atoms with Gasteiger partial charge < -0.3 is 19.6 Å². The molecule has 0 radical (unpaired) electrons. The first-order valence-corrected chi connectivity index (χ1v) is 13.9. The molecule has 1 aliphatic carbocycles. The number of carboxylic acid groups (broad SMARTS) is 1. The summed E-state index contributed by atoms with van der Waals surface area (Å²) in [6.07, 6.45) is 1.84. The molecule has 2 heterocycles. The summed E-state index contributed by atoms with van der Waals surface area (Å²) in [6.45, 7) is 8.46. The molecule has 8 nitrogen and oxygen atoms in total. The van der Waals surface area contributed by atoms with E-state index in [0.29, 0.717) is 37.2 Å². The SMILES string of the molecule is Cc1cc(OCCCC2=C(C(=O)NCc3ccc(C(=O)O)o3)Cc3c2cccc3-c2c(C)n[nH]c2C)cc(C)c1Cl. The lowest BCUT2D eigenvalue weighted by atomic mass is 9.93. The molecule has 5 rings (SSSR count). The number of carbonyl (C=O) groups is 2. The van der Waals surface area contributed by atoms with Gasteiger partial charge in [0.05, 0.1) is 18.8 Å². The van der Waals surface area contributed by atoms with Gasteiger partial charge in [-0.2, -0.15) is 5.10 Å². The van der Waals surface area contributed by atoms with Gasteiger partial charge in [0.25, 0.3) is 0 Å². The summed E-state index contributed by atoms with van der Waals surface area (Å²) in [6, 6.07) is 13.0. The fourth-order valence-electron chi connectivity index (χ4n) is 5.48. The zero-order chi connectivity index (χ0) is 29.3. The first kappa shape index (κ1) is 28.2. The van der Waals surface area contributed by atoms with Crippen molar-refractivity contribution in [1.29, 1.82) is 0 Å². The molecule has 3 N–H and O–H groups in total. The molecule has 0 saturated heterocycles. The Morgan fingerprint density at radius 1 is 1.10 bits per heavy atom. The summed E-state index contributed by atoms with van der Waals surface area (Å²) in [5.41, 5.74) is 9.76. The third-order valence-electron chi connectivity index (χ3n) is 7.44. The van der Waals surface area contributed by atoms with Crippen LogP contribution in [0.2, 0.25) is 5.02 Å². The second-order valence-electron chi connectivity index (χ2n) is 10.4. The molecule has 9 heteroatoms. The van der Waals surface area contributed by atoms with Crippen molar-refractivity contribution in [1.82, 2.24) is 15.5 Å². The topological polar surface area (TPSA) is 117 Å². The number of benzene rings is 2. The number of ether oxygens (including phenoxy) is 1. The number of fused-ring (bicyclic) bond motifs is 1. The third-order valence-corrected chi connectivity index (χ3v) is 8.03. The number of carbonyl (C=O) groups excluding carboxylic acids is 1. The van der Waals surface area contributed by atoms with Gasteiger partial charge >= 0.3 is 5.97 Å². The second-order valence-corrected chi connectivity index (χ2v) is 10.7. The fraction of sp³-hybridized carbons (Fsp3) is 0.281. The Labute approximate surface area is 243 Å². The molecule has 0 bridgehead atoms. The van der Waals surface area contributed by atoms with Crippen LogP contribution in [0, 0.1) is 27.7 Å². The molecule has 0 atom stereocenters. The Kier molecular flexibility index (Phi) is 8.03. The molecule has 2 aromatic heterocycles. The zero-order valence-electron chi connectivity index (χ0n) is 23.5. The van der Waals surface area contributed by atoms with E-state index in [1.165, 1.54) is 6.07 Å². The molecule has 1 amide bonds. The van der Waals surface area contributed by atoms with Gasteiger partial charge in [-0.25, -0.2) is 4.79 Å². The molecule has 0 fully saturated rings. The van der Waals surface area contributed by atoms with Crippen molar-refractivity contribution in [3.8, 4) is 16.9 Å². The van der Waals surface area contributed by atoms with Crippen molar-refractivity contribution in [2.24, 2.45) is 0 Å². The number of aromatic amines is 1. The Hall–Kier alpha value is -4.30. The van der Waals surface area contributed by atoms with Gasteiger partial charge in [0.1, 0.15) is 11.5 Å². The third kappa shape index (κ3) is 5.79. The van der Waals surface area contributed by atoms with Crippen LogP contribution in [0.15, 0.2) is 52.5 Å². The highest BCUT2D eigenvalue weighted by atomic mass is 35.5. The summed E-state index contributed by atoms with van der Waals surface area (Å²) in [5.74, 6) is -0.372. The van der Waals surface area contributed by atoms with Crippen molar-refractivity contribution in [3.63, 3.8) is 0 Å². The quantitative estimate of drug-likeness (QED) is 0.181. The number of rotatable bonds is 10. The van der Waals surface area contributed by atoms with Gasteiger partial charge in [0.15, 0.2) is 0 Å². The number of aromatic nitrogens is 2. The van der Waals surface area contributed by atoms with Crippen LogP contribution in [0.25, 0.3) is 16.7 Å². The van der Waals surface area contributed by atoms with E-state index < -0.39 is 5.97 Å². The summed E-state index contributed by atoms with van der Waals surface area (Å²) < 4.78 is 11.4. The molecular weight excluding hydrogens is 542 g/mol. The standard InChI is InChI=1S/C32H32ClN3O5/c1-17-13-22(14-18(2)30(17)33)40-12-6-9-24-23-7-5-8-25(29-19(3)35-36-20(29)4)26(23)15-27(24)31(37)34-16-21-10-11-28(41-21)32(38)39/h5,7-8,10-11,13-14H,6,9,12,15-16H2,1-4H3,(H,34,37)(H,35,36)(H,38,39). The van der Waals surface area contributed by atoms with Crippen LogP contribution in [0.3, 0.4) is 0 Å². The summed E-state index contributed by atoms with van der Waals surface area (Å²) >= 11 is 6.30. The van der Waals surface area contributed by atoms with Crippen molar-refractivity contribution >= 4 is 29.1 Å². The van der Waals surface area contributed by atoms with Gasteiger partial charge in [-0.15, -0.1) is 0 Å². The number of nitrogens with one attached hydrogen (secondary N) is 2. The normalized spacial score (nSPS) is 12.5. The maximum atomic E-state index is 13.5. The van der Waals surface area contributed by atoms with Crippen LogP contribution in [-0.4, -0.2) is 33.8 Å². The van der Waals surface area contributed by atoms with Crippen LogP contribution in [0.1, 0.15) is 62.8 Å². The molecule has 2 aromatic carbocycles. The molecule has 212 valence electrons. The minimum atomic E-state index is -1.15. The lowest BCUT2D eigenvalue weighted by molar-refractivity contribution is -0.117. The highest BCUT2D eigenvalue weighted by Crippen LogP contribution is 2.42. The largest absolute Gasteiger partial charge is 0.494 e. The number of furan rings is 1. The van der Waals surface area contributed by atoms with Gasteiger partial charge in [-0.3, -0.25) is 9.89 Å². The Morgan fingerprint density at radius 3 is 2.49 bits per heavy atom. The average Bonchev–Trinajstić information content (AvgIpc) is 3.65. The summed E-state index contributed by atoms with van der Waals surface area (Å²) in [4.78, 5) is 24.7. The monoisotopic (exact) mass is 573 g/mol. The highest BCUT2D eigenvalue weighted by molar-refractivity contribution is 6.32. The zero-order valence-corrected chi connectivity index (χ0v) is 24.2. The number of H-pyrrole nitrogens is 1. The second kappa shape index (κ2) is 11.7. The average molecular weight is 574 g/mol. The number of aromatic carboxylic acids is 1. The maximum Gasteiger partial charge on any atom is 0.371 e. The Balaban J connectivity index is 1.38. The van der Waals surface area contributed by atoms with Crippen molar-refractivity contribution in [2.45, 2.75) is 53.5 Å². The van der Waals surface area contributed by atoms with E-state index in [0.717, 1.165) is 61.1 Å². The van der Waals surface area contributed by atoms with E-state index >= 15 is 0 Å². The van der Waals surface area contributed by atoms with E-state index in [9.17, 15) is 9.59 Å². The van der Waals surface area contributed by atoms with E-state index in [-0.39, 0.29) is 18.2 Å². The van der Waals surface area contributed by atoms with Gasteiger partial charge in [-0.05, 0) is 98.2 Å². The minimum Gasteiger partial charge on any atom is -0.494 e. The molecule has 1 aliphatic rings. The van der Waals surface area contributed by atoms with Crippen LogP contribution >= 0.6 is 11.6 Å². The number of aryl methyl sites for hydroxylation is 4. The summed E-state index contributed by atoms with van der Waals surface area (Å²) in [7, 11) is 0. The number of hydrogen-bond donors (Lipinski definition) is 3. The molecule has 4 aromatic rings. The van der Waals surface area contributed by atoms with Crippen LogP contribution in [0.4, 0.5) is 0 Å². The number of carboxylic acids is 1. The van der Waals surface area contributed by atoms with E-state index in [4.69, 9.17) is 25.9 Å². The molecule has 0 spiro atoms. The van der Waals surface area contributed by atoms with Crippen LogP contribution < -0.4 is 10.1 Å². The highest BCUT2D eigenvalue weighted by Gasteiger charge is 2.29. The van der Waals surface area contributed by atoms with Gasteiger partial charge in [0, 0.05) is 28.3 Å². The van der Waals surface area contributed by atoms with Crippen LogP contribution in [-0.2, 0) is 17.8 Å². The Morgan fingerprint density at radius 2 is 1.83 bits per heavy atom. The first-order valence-electron chi connectivity index (χ1n) is 13.5. The number of amides is 1. The Bertz CT molecular complexity index is 1640. The first-order chi connectivity index (χ1) is 19.6. The molecular formula is C32H32ClN3O5. The predicted octanol–water partition coefficient (Wildman–Crippen LogP) is 6.74. The van der Waals surface area contributed by atoms with E-state index in [2.05, 4.69) is 27.6 Å². The van der Waals surface area contributed by atoms with Crippen molar-refractivity contribution in [3.05, 3.63) is 98.2 Å². The van der Waals surface area contributed by atoms with Gasteiger partial charge in [-0.1, -0.05) is 29.8 Å². The minimum absolute atomic E-state index is 0.0877.